The van der Waals surface area contributed by atoms with E-state index in [4.69, 9.17) is 0 Å². The maximum atomic E-state index is 12.7. The number of sulfone groups is 1. The van der Waals surface area contributed by atoms with Gasteiger partial charge < -0.3 is 10.3 Å². The maximum absolute atomic E-state index is 12.7. The maximum Gasteiger partial charge on any atom is 0.273 e. The molecule has 1 atom stereocenters. The summed E-state index contributed by atoms with van der Waals surface area (Å²) in [5.41, 5.74) is 3.20. The summed E-state index contributed by atoms with van der Waals surface area (Å²) in [6.45, 7) is 3.82. The van der Waals surface area contributed by atoms with Crippen molar-refractivity contribution in [2.75, 3.05) is 16.8 Å². The van der Waals surface area contributed by atoms with Crippen molar-refractivity contribution < 1.29 is 13.2 Å². The highest BCUT2D eigenvalue weighted by Gasteiger charge is 2.31. The number of amides is 1. The number of H-pyrrole nitrogens is 1. The standard InChI is InChI=1S/C18H20N4O3S/c1-11-3-4-13-9-16(19-15(13)7-11)18(23)20-17-8-12(2)21-22(17)14-5-6-26(24,25)10-14/h3-4,7-9,14,19H,5-6,10H2,1-2H3,(H,20,23). The summed E-state index contributed by atoms with van der Waals surface area (Å²) in [6, 6.07) is 9.28. The fourth-order valence-electron chi connectivity index (χ4n) is 3.40. The molecule has 4 rings (SSSR count). The smallest absolute Gasteiger partial charge is 0.273 e. The first-order chi connectivity index (χ1) is 12.3. The van der Waals surface area contributed by atoms with Crippen molar-refractivity contribution >= 4 is 32.5 Å². The number of rotatable bonds is 3. The Balaban J connectivity index is 1.61. The number of carbonyl (C=O) groups excluding carboxylic acids is 1. The van der Waals surface area contributed by atoms with Crippen molar-refractivity contribution in [3.05, 3.63) is 47.3 Å². The molecule has 8 heteroatoms. The number of nitrogens with zero attached hydrogens (tertiary/aromatic N) is 2. The number of aromatic nitrogens is 3. The Kier molecular flexibility index (Phi) is 3.87. The molecule has 0 spiro atoms. The van der Waals surface area contributed by atoms with Gasteiger partial charge in [0.15, 0.2) is 9.84 Å². The van der Waals surface area contributed by atoms with Crippen LogP contribution in [0.2, 0.25) is 0 Å². The molecule has 0 aliphatic carbocycles. The van der Waals surface area contributed by atoms with Gasteiger partial charge in [-0.1, -0.05) is 12.1 Å². The van der Waals surface area contributed by atoms with Crippen molar-refractivity contribution in [1.82, 2.24) is 14.8 Å². The molecule has 136 valence electrons. The van der Waals surface area contributed by atoms with Crippen molar-refractivity contribution in [2.24, 2.45) is 0 Å². The number of anilines is 1. The highest BCUT2D eigenvalue weighted by molar-refractivity contribution is 7.91. The Labute approximate surface area is 151 Å². The van der Waals surface area contributed by atoms with Crippen LogP contribution in [0.5, 0.6) is 0 Å². The highest BCUT2D eigenvalue weighted by Crippen LogP contribution is 2.27. The average Bonchev–Trinajstić information content (AvgIpc) is 3.23. The van der Waals surface area contributed by atoms with E-state index in [1.165, 1.54) is 0 Å². The van der Waals surface area contributed by atoms with Crippen LogP contribution in [-0.2, 0) is 9.84 Å². The molecule has 0 bridgehead atoms. The normalized spacial score (nSPS) is 19.1. The number of benzene rings is 1. The van der Waals surface area contributed by atoms with Gasteiger partial charge in [0.2, 0.25) is 0 Å². The molecular formula is C18H20N4O3S. The summed E-state index contributed by atoms with van der Waals surface area (Å²) < 4.78 is 25.2. The number of hydrogen-bond donors (Lipinski definition) is 2. The number of aromatic amines is 1. The third-order valence-corrected chi connectivity index (χ3v) is 6.43. The van der Waals surface area contributed by atoms with Crippen LogP contribution in [0.4, 0.5) is 5.82 Å². The lowest BCUT2D eigenvalue weighted by Crippen LogP contribution is -2.19. The van der Waals surface area contributed by atoms with Gasteiger partial charge in [-0.2, -0.15) is 5.10 Å². The van der Waals surface area contributed by atoms with Crippen LogP contribution in [0.25, 0.3) is 10.9 Å². The quantitative estimate of drug-likeness (QED) is 0.738. The molecule has 2 aromatic heterocycles. The molecule has 7 nitrogen and oxygen atoms in total. The van der Waals surface area contributed by atoms with E-state index in [-0.39, 0.29) is 23.5 Å². The van der Waals surface area contributed by atoms with Crippen molar-refractivity contribution in [3.63, 3.8) is 0 Å². The van der Waals surface area contributed by atoms with E-state index in [1.807, 2.05) is 32.0 Å². The molecule has 1 unspecified atom stereocenters. The second-order valence-corrected chi connectivity index (χ2v) is 9.13. The van der Waals surface area contributed by atoms with Crippen molar-refractivity contribution in [1.29, 1.82) is 0 Å². The minimum Gasteiger partial charge on any atom is -0.351 e. The topological polar surface area (TPSA) is 96.8 Å². The number of hydrogen-bond acceptors (Lipinski definition) is 4. The summed E-state index contributed by atoms with van der Waals surface area (Å²) in [5, 5.41) is 8.21. The zero-order valence-electron chi connectivity index (χ0n) is 14.6. The van der Waals surface area contributed by atoms with Crippen LogP contribution >= 0.6 is 0 Å². The molecule has 1 aromatic carbocycles. The molecule has 2 N–H and O–H groups in total. The minimum absolute atomic E-state index is 0.0582. The highest BCUT2D eigenvalue weighted by atomic mass is 32.2. The van der Waals surface area contributed by atoms with Gasteiger partial charge in [0.25, 0.3) is 5.91 Å². The average molecular weight is 372 g/mol. The first-order valence-corrected chi connectivity index (χ1v) is 10.3. The Morgan fingerprint density at radius 2 is 2.08 bits per heavy atom. The second-order valence-electron chi connectivity index (χ2n) is 6.90. The summed E-state index contributed by atoms with van der Waals surface area (Å²) in [6.07, 6.45) is 0.512. The predicted octanol–water partition coefficient (Wildman–Crippen LogP) is 2.59. The summed E-state index contributed by atoms with van der Waals surface area (Å²) in [4.78, 5) is 15.8. The van der Waals surface area contributed by atoms with Crippen LogP contribution < -0.4 is 5.32 Å². The lowest BCUT2D eigenvalue weighted by molar-refractivity contribution is 0.102. The van der Waals surface area contributed by atoms with E-state index in [2.05, 4.69) is 15.4 Å². The number of carbonyl (C=O) groups is 1. The van der Waals surface area contributed by atoms with Gasteiger partial charge in [-0.05, 0) is 38.0 Å². The van der Waals surface area contributed by atoms with Gasteiger partial charge in [-0.15, -0.1) is 0 Å². The molecule has 0 saturated carbocycles. The van der Waals surface area contributed by atoms with Crippen LogP contribution in [0.3, 0.4) is 0 Å². The number of nitrogens with one attached hydrogen (secondary N) is 2. The lowest BCUT2D eigenvalue weighted by Gasteiger charge is -2.13. The van der Waals surface area contributed by atoms with Gasteiger partial charge in [0.05, 0.1) is 23.2 Å². The Bertz CT molecular complexity index is 1110. The third-order valence-electron chi connectivity index (χ3n) is 4.68. The third kappa shape index (κ3) is 3.12. The van der Waals surface area contributed by atoms with Crippen LogP contribution in [0.15, 0.2) is 30.3 Å². The van der Waals surface area contributed by atoms with E-state index in [0.717, 1.165) is 22.2 Å². The number of fused-ring (bicyclic) bond motifs is 1. The van der Waals surface area contributed by atoms with Crippen molar-refractivity contribution in [2.45, 2.75) is 26.3 Å². The molecular weight excluding hydrogens is 352 g/mol. The SMILES string of the molecule is Cc1ccc2cc(C(=O)Nc3cc(C)nn3C3CCS(=O)(=O)C3)[nH]c2c1. The number of aryl methyl sites for hydroxylation is 2. The first kappa shape index (κ1) is 16.8. The molecule has 1 fully saturated rings. The van der Waals surface area contributed by atoms with Gasteiger partial charge in [-0.3, -0.25) is 4.79 Å². The van der Waals surface area contributed by atoms with Gasteiger partial charge in [0, 0.05) is 17.0 Å². The Morgan fingerprint density at radius 1 is 1.27 bits per heavy atom. The van der Waals surface area contributed by atoms with Crippen LogP contribution in [0, 0.1) is 13.8 Å². The molecule has 3 aromatic rings. The Hall–Kier alpha value is -2.61. The molecule has 0 radical (unpaired) electrons. The van der Waals surface area contributed by atoms with Gasteiger partial charge in [-0.25, -0.2) is 13.1 Å². The summed E-state index contributed by atoms with van der Waals surface area (Å²) >= 11 is 0. The summed E-state index contributed by atoms with van der Waals surface area (Å²) in [5.74, 6) is 0.457. The van der Waals surface area contributed by atoms with Crippen LogP contribution in [0.1, 0.15) is 34.2 Å². The van der Waals surface area contributed by atoms with Gasteiger partial charge in [0.1, 0.15) is 11.5 Å². The van der Waals surface area contributed by atoms with Crippen molar-refractivity contribution in [3.8, 4) is 0 Å². The Morgan fingerprint density at radius 3 is 2.81 bits per heavy atom. The zero-order chi connectivity index (χ0) is 18.5. The summed E-state index contributed by atoms with van der Waals surface area (Å²) in [7, 11) is -3.03. The molecule has 1 aliphatic rings. The minimum atomic E-state index is -3.03. The van der Waals surface area contributed by atoms with Gasteiger partial charge >= 0.3 is 0 Å². The fraction of sp³-hybridized carbons (Fsp3) is 0.333. The fourth-order valence-corrected chi connectivity index (χ4v) is 5.10. The lowest BCUT2D eigenvalue weighted by atomic mass is 10.2. The zero-order valence-corrected chi connectivity index (χ0v) is 15.4. The van der Waals surface area contributed by atoms with Crippen LogP contribution in [-0.4, -0.2) is 40.6 Å². The molecule has 1 aliphatic heterocycles. The predicted molar refractivity (Wildman–Crippen MR) is 100 cm³/mol. The molecule has 3 heterocycles. The van der Waals surface area contributed by atoms with E-state index in [1.54, 1.807) is 16.8 Å². The second kappa shape index (κ2) is 5.98. The molecule has 1 amide bonds. The largest absolute Gasteiger partial charge is 0.351 e. The molecule has 26 heavy (non-hydrogen) atoms. The monoisotopic (exact) mass is 372 g/mol. The van der Waals surface area contributed by atoms with E-state index < -0.39 is 9.84 Å². The molecule has 1 saturated heterocycles. The van der Waals surface area contributed by atoms with E-state index >= 15 is 0 Å². The van der Waals surface area contributed by atoms with E-state index in [9.17, 15) is 13.2 Å². The first-order valence-electron chi connectivity index (χ1n) is 8.48. The van der Waals surface area contributed by atoms with E-state index in [0.29, 0.717) is 17.9 Å².